The minimum atomic E-state index is -2.51. The second kappa shape index (κ2) is 5.20. The maximum atomic E-state index is 13.4. The summed E-state index contributed by atoms with van der Waals surface area (Å²) >= 11 is 0. The SMILES string of the molecule is CC(C)(C)c1cccc(CN2CCCC(F)(F)C2)c1. The molecule has 0 aliphatic carbocycles. The van der Waals surface area contributed by atoms with Gasteiger partial charge in [0.05, 0.1) is 6.54 Å². The number of nitrogens with zero attached hydrogens (tertiary/aromatic N) is 1. The first-order valence-corrected chi connectivity index (χ1v) is 6.96. The first kappa shape index (κ1) is 14.4. The summed E-state index contributed by atoms with van der Waals surface area (Å²) in [5, 5.41) is 0. The Hall–Kier alpha value is -0.960. The fourth-order valence-corrected chi connectivity index (χ4v) is 2.58. The van der Waals surface area contributed by atoms with E-state index in [4.69, 9.17) is 0 Å². The van der Waals surface area contributed by atoms with Crippen LogP contribution in [0, 0.1) is 0 Å². The molecule has 3 heteroatoms. The van der Waals surface area contributed by atoms with Gasteiger partial charge < -0.3 is 0 Å². The van der Waals surface area contributed by atoms with E-state index in [9.17, 15) is 8.78 Å². The van der Waals surface area contributed by atoms with Crippen LogP contribution < -0.4 is 0 Å². The van der Waals surface area contributed by atoms with E-state index < -0.39 is 5.92 Å². The predicted molar refractivity (Wildman–Crippen MR) is 74.6 cm³/mol. The zero-order chi connectivity index (χ0) is 14.1. The molecule has 0 saturated carbocycles. The van der Waals surface area contributed by atoms with E-state index in [0.717, 1.165) is 12.1 Å². The summed E-state index contributed by atoms with van der Waals surface area (Å²) in [6.07, 6.45) is 0.623. The highest BCUT2D eigenvalue weighted by Gasteiger charge is 2.34. The molecule has 106 valence electrons. The Balaban J connectivity index is 2.07. The number of piperidine rings is 1. The lowest BCUT2D eigenvalue weighted by Gasteiger charge is -2.32. The molecule has 19 heavy (non-hydrogen) atoms. The van der Waals surface area contributed by atoms with Gasteiger partial charge in [-0.05, 0) is 29.5 Å². The van der Waals surface area contributed by atoms with Crippen LogP contribution in [0.1, 0.15) is 44.7 Å². The van der Waals surface area contributed by atoms with E-state index in [0.29, 0.717) is 13.0 Å². The third kappa shape index (κ3) is 4.00. The van der Waals surface area contributed by atoms with Gasteiger partial charge in [0, 0.05) is 13.0 Å². The minimum Gasteiger partial charge on any atom is -0.293 e. The average Bonchev–Trinajstić information content (AvgIpc) is 2.26. The number of alkyl halides is 2. The van der Waals surface area contributed by atoms with Crippen LogP contribution in [0.3, 0.4) is 0 Å². The first-order valence-electron chi connectivity index (χ1n) is 6.96. The van der Waals surface area contributed by atoms with Crippen LogP contribution in [0.15, 0.2) is 24.3 Å². The Kier molecular flexibility index (Phi) is 3.95. The van der Waals surface area contributed by atoms with Gasteiger partial charge in [-0.2, -0.15) is 0 Å². The third-order valence-electron chi connectivity index (χ3n) is 3.67. The monoisotopic (exact) mass is 267 g/mol. The summed E-state index contributed by atoms with van der Waals surface area (Å²) in [5.41, 5.74) is 2.49. The summed E-state index contributed by atoms with van der Waals surface area (Å²) in [4.78, 5) is 1.87. The van der Waals surface area contributed by atoms with Crippen LogP contribution in [-0.4, -0.2) is 23.9 Å². The average molecular weight is 267 g/mol. The molecule has 2 rings (SSSR count). The molecule has 1 aromatic carbocycles. The van der Waals surface area contributed by atoms with Gasteiger partial charge in [0.2, 0.25) is 0 Å². The first-order chi connectivity index (χ1) is 8.76. The molecule has 1 nitrogen and oxygen atoms in total. The molecular formula is C16H23F2N. The Morgan fingerprint density at radius 3 is 2.63 bits per heavy atom. The largest absolute Gasteiger partial charge is 0.293 e. The molecule has 0 spiro atoms. The summed E-state index contributed by atoms with van der Waals surface area (Å²) < 4.78 is 26.8. The molecule has 1 saturated heterocycles. The highest BCUT2D eigenvalue weighted by molar-refractivity contribution is 5.28. The van der Waals surface area contributed by atoms with Gasteiger partial charge in [-0.15, -0.1) is 0 Å². The Labute approximate surface area is 114 Å². The minimum absolute atomic E-state index is 0.0333. The van der Waals surface area contributed by atoms with Crippen molar-refractivity contribution >= 4 is 0 Å². The predicted octanol–water partition coefficient (Wildman–Crippen LogP) is 4.22. The quantitative estimate of drug-likeness (QED) is 0.775. The number of benzene rings is 1. The van der Waals surface area contributed by atoms with E-state index in [1.165, 1.54) is 5.56 Å². The molecule has 1 fully saturated rings. The van der Waals surface area contributed by atoms with Gasteiger partial charge in [0.15, 0.2) is 0 Å². The lowest BCUT2D eigenvalue weighted by molar-refractivity contribution is -0.0661. The fourth-order valence-electron chi connectivity index (χ4n) is 2.58. The van der Waals surface area contributed by atoms with Crippen LogP contribution in [0.2, 0.25) is 0 Å². The summed E-state index contributed by atoms with van der Waals surface area (Å²) in [7, 11) is 0. The molecule has 1 aromatic rings. The molecule has 1 aliphatic heterocycles. The molecular weight excluding hydrogens is 244 g/mol. The van der Waals surface area contributed by atoms with E-state index in [1.807, 2.05) is 17.0 Å². The topological polar surface area (TPSA) is 3.24 Å². The van der Waals surface area contributed by atoms with Crippen LogP contribution in [-0.2, 0) is 12.0 Å². The molecule has 0 radical (unpaired) electrons. The molecule has 0 amide bonds. The highest BCUT2D eigenvalue weighted by atomic mass is 19.3. The van der Waals surface area contributed by atoms with Crippen LogP contribution in [0.4, 0.5) is 8.78 Å². The van der Waals surface area contributed by atoms with Crippen molar-refractivity contribution in [3.05, 3.63) is 35.4 Å². The van der Waals surface area contributed by atoms with Gasteiger partial charge in [-0.3, -0.25) is 4.90 Å². The van der Waals surface area contributed by atoms with E-state index in [-0.39, 0.29) is 18.4 Å². The summed E-state index contributed by atoms with van der Waals surface area (Å²) in [5.74, 6) is -2.51. The fraction of sp³-hybridized carbons (Fsp3) is 0.625. The zero-order valence-electron chi connectivity index (χ0n) is 12.0. The van der Waals surface area contributed by atoms with Crippen molar-refractivity contribution in [1.29, 1.82) is 0 Å². The van der Waals surface area contributed by atoms with Gasteiger partial charge in [-0.1, -0.05) is 45.0 Å². The Morgan fingerprint density at radius 2 is 2.00 bits per heavy atom. The van der Waals surface area contributed by atoms with E-state index in [1.54, 1.807) is 0 Å². The zero-order valence-corrected chi connectivity index (χ0v) is 12.0. The number of hydrogen-bond donors (Lipinski definition) is 0. The van der Waals surface area contributed by atoms with Gasteiger partial charge >= 0.3 is 0 Å². The van der Waals surface area contributed by atoms with Crippen molar-refractivity contribution in [2.75, 3.05) is 13.1 Å². The van der Waals surface area contributed by atoms with Gasteiger partial charge in [0.1, 0.15) is 0 Å². The molecule has 1 aliphatic rings. The Bertz CT molecular complexity index is 435. The number of likely N-dealkylation sites (tertiary alicyclic amines) is 1. The maximum absolute atomic E-state index is 13.4. The van der Waals surface area contributed by atoms with Crippen molar-refractivity contribution in [1.82, 2.24) is 4.90 Å². The lowest BCUT2D eigenvalue weighted by Crippen LogP contribution is -2.42. The second-order valence-electron chi connectivity index (χ2n) is 6.62. The van der Waals surface area contributed by atoms with Gasteiger partial charge in [0.25, 0.3) is 5.92 Å². The highest BCUT2D eigenvalue weighted by Crippen LogP contribution is 2.28. The lowest BCUT2D eigenvalue weighted by atomic mass is 9.86. The third-order valence-corrected chi connectivity index (χ3v) is 3.67. The standard InChI is InChI=1S/C16H23F2N/c1-15(2,3)14-7-4-6-13(10-14)11-19-9-5-8-16(17,18)12-19/h4,6-7,10H,5,8-9,11-12H2,1-3H3. The van der Waals surface area contributed by atoms with E-state index >= 15 is 0 Å². The smallest absolute Gasteiger partial charge is 0.260 e. The molecule has 0 unspecified atom stereocenters. The molecule has 1 heterocycles. The number of rotatable bonds is 2. The van der Waals surface area contributed by atoms with Crippen molar-refractivity contribution < 1.29 is 8.78 Å². The van der Waals surface area contributed by atoms with Crippen molar-refractivity contribution in [3.63, 3.8) is 0 Å². The normalized spacial score (nSPS) is 20.5. The van der Waals surface area contributed by atoms with Crippen LogP contribution in [0.25, 0.3) is 0 Å². The van der Waals surface area contributed by atoms with Crippen molar-refractivity contribution in [2.24, 2.45) is 0 Å². The number of hydrogen-bond acceptors (Lipinski definition) is 1. The Morgan fingerprint density at radius 1 is 1.26 bits per heavy atom. The summed E-state index contributed by atoms with van der Waals surface area (Å²) in [6.45, 7) is 7.80. The van der Waals surface area contributed by atoms with Crippen molar-refractivity contribution in [2.45, 2.75) is 51.5 Å². The summed E-state index contributed by atoms with van der Waals surface area (Å²) in [6, 6.07) is 8.31. The molecule has 0 N–H and O–H groups in total. The van der Waals surface area contributed by atoms with Crippen LogP contribution >= 0.6 is 0 Å². The van der Waals surface area contributed by atoms with Crippen LogP contribution in [0.5, 0.6) is 0 Å². The maximum Gasteiger partial charge on any atom is 0.260 e. The molecule has 0 atom stereocenters. The van der Waals surface area contributed by atoms with E-state index in [2.05, 4.69) is 32.9 Å². The second-order valence-corrected chi connectivity index (χ2v) is 6.62. The van der Waals surface area contributed by atoms with Gasteiger partial charge in [-0.25, -0.2) is 8.78 Å². The van der Waals surface area contributed by atoms with Crippen molar-refractivity contribution in [3.8, 4) is 0 Å². The number of halogens is 2. The molecule has 0 aromatic heterocycles. The molecule has 0 bridgehead atoms.